The smallest absolute Gasteiger partial charge is 0.0495 e. The summed E-state index contributed by atoms with van der Waals surface area (Å²) in [5.41, 5.74) is 10.3. The zero-order valence-corrected chi connectivity index (χ0v) is 10.9. The highest BCUT2D eigenvalue weighted by molar-refractivity contribution is 5.29. The molecule has 1 saturated heterocycles. The molecule has 0 radical (unpaired) electrons. The van der Waals surface area contributed by atoms with E-state index in [0.717, 1.165) is 26.1 Å². The van der Waals surface area contributed by atoms with Crippen LogP contribution in [0.25, 0.3) is 0 Å². The highest BCUT2D eigenvalue weighted by Crippen LogP contribution is 2.19. The minimum absolute atomic E-state index is 0.267. The maximum absolute atomic E-state index is 6.23. The molecular formula is C15H23NO. The van der Waals surface area contributed by atoms with Crippen LogP contribution in [0.5, 0.6) is 0 Å². The lowest BCUT2D eigenvalue weighted by Gasteiger charge is -2.16. The topological polar surface area (TPSA) is 35.2 Å². The van der Waals surface area contributed by atoms with Gasteiger partial charge < -0.3 is 10.5 Å². The number of aryl methyl sites for hydroxylation is 2. The summed E-state index contributed by atoms with van der Waals surface area (Å²) in [7, 11) is 0. The fourth-order valence-corrected chi connectivity index (χ4v) is 2.77. The summed E-state index contributed by atoms with van der Waals surface area (Å²) < 4.78 is 5.39. The van der Waals surface area contributed by atoms with Gasteiger partial charge in [0.25, 0.3) is 0 Å². The highest BCUT2D eigenvalue weighted by atomic mass is 16.5. The van der Waals surface area contributed by atoms with Crippen LogP contribution in [0.1, 0.15) is 29.5 Å². The molecule has 2 atom stereocenters. The molecule has 1 aromatic carbocycles. The standard InChI is InChI=1S/C15H23NO/c1-11-5-12(2)7-14(6-11)9-15(16)8-13-3-4-17-10-13/h5-7,13,15H,3-4,8-10,16H2,1-2H3. The first-order valence-corrected chi connectivity index (χ1v) is 6.54. The van der Waals surface area contributed by atoms with Crippen molar-refractivity contribution in [3.05, 3.63) is 34.9 Å². The zero-order valence-electron chi connectivity index (χ0n) is 10.9. The number of hydrogen-bond donors (Lipinski definition) is 1. The number of hydrogen-bond acceptors (Lipinski definition) is 2. The molecule has 2 heteroatoms. The van der Waals surface area contributed by atoms with Crippen molar-refractivity contribution < 1.29 is 4.74 Å². The van der Waals surface area contributed by atoms with Crippen molar-refractivity contribution in [3.8, 4) is 0 Å². The molecule has 0 spiro atoms. The van der Waals surface area contributed by atoms with E-state index in [1.807, 2.05) is 0 Å². The average molecular weight is 233 g/mol. The minimum Gasteiger partial charge on any atom is -0.381 e. The largest absolute Gasteiger partial charge is 0.381 e. The van der Waals surface area contributed by atoms with Gasteiger partial charge in [-0.15, -0.1) is 0 Å². The van der Waals surface area contributed by atoms with Crippen molar-refractivity contribution in [3.63, 3.8) is 0 Å². The summed E-state index contributed by atoms with van der Waals surface area (Å²) in [4.78, 5) is 0. The molecule has 0 amide bonds. The van der Waals surface area contributed by atoms with E-state index in [-0.39, 0.29) is 6.04 Å². The molecule has 0 saturated carbocycles. The van der Waals surface area contributed by atoms with Gasteiger partial charge in [-0.3, -0.25) is 0 Å². The zero-order chi connectivity index (χ0) is 12.3. The van der Waals surface area contributed by atoms with Gasteiger partial charge in [-0.05, 0) is 44.6 Å². The SMILES string of the molecule is Cc1cc(C)cc(CC(N)CC2CCOC2)c1. The molecule has 0 aromatic heterocycles. The summed E-state index contributed by atoms with van der Waals surface area (Å²) in [5.74, 6) is 0.677. The molecule has 94 valence electrons. The van der Waals surface area contributed by atoms with Crippen LogP contribution in [-0.2, 0) is 11.2 Å². The van der Waals surface area contributed by atoms with E-state index in [1.54, 1.807) is 0 Å². The Morgan fingerprint density at radius 3 is 2.59 bits per heavy atom. The second-order valence-corrected chi connectivity index (χ2v) is 5.43. The fourth-order valence-electron chi connectivity index (χ4n) is 2.77. The molecular weight excluding hydrogens is 210 g/mol. The molecule has 1 fully saturated rings. The Kier molecular flexibility index (Phi) is 4.19. The quantitative estimate of drug-likeness (QED) is 0.867. The molecule has 2 N–H and O–H groups in total. The summed E-state index contributed by atoms with van der Waals surface area (Å²) in [6.07, 6.45) is 3.26. The van der Waals surface area contributed by atoms with Gasteiger partial charge in [0.2, 0.25) is 0 Å². The third-order valence-electron chi connectivity index (χ3n) is 3.44. The van der Waals surface area contributed by atoms with Crippen LogP contribution in [0.2, 0.25) is 0 Å². The summed E-state index contributed by atoms with van der Waals surface area (Å²) in [5, 5.41) is 0. The molecule has 0 bridgehead atoms. The lowest BCUT2D eigenvalue weighted by atomic mass is 9.94. The van der Waals surface area contributed by atoms with E-state index >= 15 is 0 Å². The maximum atomic E-state index is 6.23. The van der Waals surface area contributed by atoms with Crippen LogP contribution >= 0.6 is 0 Å². The first-order chi connectivity index (χ1) is 8.13. The Morgan fingerprint density at radius 2 is 2.00 bits per heavy atom. The Labute approximate surface area is 104 Å². The van der Waals surface area contributed by atoms with Crippen molar-refractivity contribution >= 4 is 0 Å². The second kappa shape index (κ2) is 5.65. The van der Waals surface area contributed by atoms with Crippen molar-refractivity contribution in [2.24, 2.45) is 11.7 Å². The molecule has 2 nitrogen and oxygen atoms in total. The van der Waals surface area contributed by atoms with E-state index in [2.05, 4.69) is 32.0 Å². The van der Waals surface area contributed by atoms with Gasteiger partial charge in [0.15, 0.2) is 0 Å². The van der Waals surface area contributed by atoms with E-state index in [0.29, 0.717) is 5.92 Å². The predicted octanol–water partition coefficient (Wildman–Crippen LogP) is 2.60. The van der Waals surface area contributed by atoms with Gasteiger partial charge in [0.05, 0.1) is 0 Å². The third-order valence-corrected chi connectivity index (χ3v) is 3.44. The first-order valence-electron chi connectivity index (χ1n) is 6.54. The van der Waals surface area contributed by atoms with Crippen molar-refractivity contribution in [2.75, 3.05) is 13.2 Å². The van der Waals surface area contributed by atoms with Gasteiger partial charge in [-0.1, -0.05) is 29.3 Å². The normalized spacial score (nSPS) is 21.7. The monoisotopic (exact) mass is 233 g/mol. The molecule has 1 aromatic rings. The van der Waals surface area contributed by atoms with Crippen LogP contribution in [0.15, 0.2) is 18.2 Å². The lowest BCUT2D eigenvalue weighted by Crippen LogP contribution is -2.26. The van der Waals surface area contributed by atoms with E-state index in [4.69, 9.17) is 10.5 Å². The number of nitrogens with two attached hydrogens (primary N) is 1. The summed E-state index contributed by atoms with van der Waals surface area (Å²) in [6, 6.07) is 6.97. The maximum Gasteiger partial charge on any atom is 0.0495 e. The van der Waals surface area contributed by atoms with Gasteiger partial charge in [-0.2, -0.15) is 0 Å². The molecule has 1 aliphatic rings. The van der Waals surface area contributed by atoms with E-state index in [9.17, 15) is 0 Å². The second-order valence-electron chi connectivity index (χ2n) is 5.43. The van der Waals surface area contributed by atoms with E-state index < -0.39 is 0 Å². The lowest BCUT2D eigenvalue weighted by molar-refractivity contribution is 0.182. The van der Waals surface area contributed by atoms with Crippen LogP contribution in [-0.4, -0.2) is 19.3 Å². The van der Waals surface area contributed by atoms with Crippen LogP contribution in [0.3, 0.4) is 0 Å². The predicted molar refractivity (Wildman–Crippen MR) is 71.1 cm³/mol. The Bertz CT molecular complexity index is 349. The summed E-state index contributed by atoms with van der Waals surface area (Å²) in [6.45, 7) is 6.11. The van der Waals surface area contributed by atoms with Gasteiger partial charge in [0.1, 0.15) is 0 Å². The van der Waals surface area contributed by atoms with Crippen molar-refractivity contribution in [2.45, 2.75) is 39.2 Å². The molecule has 1 heterocycles. The molecule has 2 rings (SSSR count). The van der Waals surface area contributed by atoms with Gasteiger partial charge in [0, 0.05) is 19.3 Å². The highest BCUT2D eigenvalue weighted by Gasteiger charge is 2.18. The summed E-state index contributed by atoms with van der Waals surface area (Å²) >= 11 is 0. The number of benzene rings is 1. The number of ether oxygens (including phenoxy) is 1. The Balaban J connectivity index is 1.90. The van der Waals surface area contributed by atoms with Gasteiger partial charge in [-0.25, -0.2) is 0 Å². The van der Waals surface area contributed by atoms with Gasteiger partial charge >= 0.3 is 0 Å². The molecule has 2 unspecified atom stereocenters. The Hall–Kier alpha value is -0.860. The van der Waals surface area contributed by atoms with Crippen LogP contribution in [0.4, 0.5) is 0 Å². The average Bonchev–Trinajstić information content (AvgIpc) is 2.67. The molecule has 17 heavy (non-hydrogen) atoms. The van der Waals surface area contributed by atoms with Crippen LogP contribution < -0.4 is 5.73 Å². The first kappa shape index (κ1) is 12.6. The fraction of sp³-hybridized carbons (Fsp3) is 0.600. The van der Waals surface area contributed by atoms with Crippen molar-refractivity contribution in [1.29, 1.82) is 0 Å². The molecule has 0 aliphatic carbocycles. The van der Waals surface area contributed by atoms with E-state index in [1.165, 1.54) is 23.1 Å². The number of rotatable bonds is 4. The molecule has 1 aliphatic heterocycles. The third kappa shape index (κ3) is 3.83. The van der Waals surface area contributed by atoms with Crippen molar-refractivity contribution in [1.82, 2.24) is 0 Å². The minimum atomic E-state index is 0.267. The van der Waals surface area contributed by atoms with Crippen LogP contribution in [0, 0.1) is 19.8 Å². The Morgan fingerprint density at radius 1 is 1.29 bits per heavy atom.